The van der Waals surface area contributed by atoms with Gasteiger partial charge in [-0.25, -0.2) is 0 Å². The van der Waals surface area contributed by atoms with Crippen LogP contribution in [-0.2, 0) is 9.59 Å². The summed E-state index contributed by atoms with van der Waals surface area (Å²) in [6.45, 7) is 0.0172. The van der Waals surface area contributed by atoms with E-state index in [1.54, 1.807) is 12.3 Å². The van der Waals surface area contributed by atoms with Crippen molar-refractivity contribution >= 4 is 35.0 Å². The van der Waals surface area contributed by atoms with Gasteiger partial charge in [-0.2, -0.15) is 0 Å². The van der Waals surface area contributed by atoms with Crippen LogP contribution in [0.2, 0.25) is 0 Å². The van der Waals surface area contributed by atoms with Crippen molar-refractivity contribution in [1.82, 2.24) is 14.8 Å². The van der Waals surface area contributed by atoms with Crippen molar-refractivity contribution in [3.05, 3.63) is 42.7 Å². The number of rotatable bonds is 5. The minimum Gasteiger partial charge on any atom is -0.461 e. The number of nitrogens with zero attached hydrogens (tertiary/aromatic N) is 4. The molecule has 0 radical (unpaired) electrons. The van der Waals surface area contributed by atoms with Crippen LogP contribution in [-0.4, -0.2) is 38.9 Å². The molecule has 1 fully saturated rings. The summed E-state index contributed by atoms with van der Waals surface area (Å²) in [6.07, 6.45) is 7.34. The van der Waals surface area contributed by atoms with Gasteiger partial charge in [0.15, 0.2) is 10.9 Å². The molecule has 1 aliphatic carbocycles. The number of carbonyl (C=O) groups excluding carboxylic acids is 2. The highest BCUT2D eigenvalue weighted by Gasteiger charge is 2.29. The molecule has 1 saturated carbocycles. The van der Waals surface area contributed by atoms with Gasteiger partial charge in [0.1, 0.15) is 6.54 Å². The number of benzene rings is 1. The van der Waals surface area contributed by atoms with E-state index in [0.29, 0.717) is 28.5 Å². The highest BCUT2D eigenvalue weighted by atomic mass is 32.2. The molecule has 8 nitrogen and oxygen atoms in total. The summed E-state index contributed by atoms with van der Waals surface area (Å²) in [7, 11) is 0. The number of amides is 2. The molecule has 3 aromatic rings. The van der Waals surface area contributed by atoms with Gasteiger partial charge in [-0.1, -0.05) is 43.2 Å². The van der Waals surface area contributed by atoms with Crippen molar-refractivity contribution in [2.24, 2.45) is 0 Å². The molecular formula is C22H23N5O3S. The normalized spacial score (nSPS) is 16.8. The van der Waals surface area contributed by atoms with Crippen molar-refractivity contribution in [2.75, 3.05) is 22.5 Å². The third kappa shape index (κ3) is 3.97. The van der Waals surface area contributed by atoms with Crippen molar-refractivity contribution < 1.29 is 14.0 Å². The maximum Gasteiger partial charge on any atom is 0.244 e. The largest absolute Gasteiger partial charge is 0.461 e. The van der Waals surface area contributed by atoms with Gasteiger partial charge in [-0.15, -0.1) is 10.2 Å². The van der Waals surface area contributed by atoms with Crippen LogP contribution in [0.25, 0.3) is 11.6 Å². The molecule has 2 aromatic heterocycles. The zero-order chi connectivity index (χ0) is 21.2. The van der Waals surface area contributed by atoms with Gasteiger partial charge in [0.05, 0.1) is 23.4 Å². The predicted molar refractivity (Wildman–Crippen MR) is 118 cm³/mol. The van der Waals surface area contributed by atoms with Crippen LogP contribution >= 0.6 is 11.8 Å². The van der Waals surface area contributed by atoms with E-state index in [-0.39, 0.29) is 24.1 Å². The Balaban J connectivity index is 1.38. The van der Waals surface area contributed by atoms with E-state index in [1.165, 1.54) is 35.9 Å². The fourth-order valence-electron chi connectivity index (χ4n) is 4.28. The maximum atomic E-state index is 13.1. The van der Waals surface area contributed by atoms with Crippen molar-refractivity contribution in [1.29, 1.82) is 0 Å². The summed E-state index contributed by atoms with van der Waals surface area (Å²) in [5.41, 5.74) is 1.38. The van der Waals surface area contributed by atoms with Crippen molar-refractivity contribution in [2.45, 2.75) is 43.3 Å². The fraction of sp³-hybridized carbons (Fsp3) is 0.364. The van der Waals surface area contributed by atoms with E-state index in [9.17, 15) is 9.59 Å². The van der Waals surface area contributed by atoms with E-state index in [2.05, 4.69) is 20.1 Å². The van der Waals surface area contributed by atoms with Gasteiger partial charge in [-0.3, -0.25) is 14.2 Å². The first kappa shape index (κ1) is 19.9. The number of thioether (sulfide) groups is 1. The molecule has 9 heteroatoms. The fourth-order valence-corrected chi connectivity index (χ4v) is 5.16. The molecule has 0 spiro atoms. The lowest BCUT2D eigenvalue weighted by atomic mass is 9.95. The Kier molecular flexibility index (Phi) is 5.50. The summed E-state index contributed by atoms with van der Waals surface area (Å²) < 4.78 is 7.72. The van der Waals surface area contributed by atoms with Gasteiger partial charge in [-0.05, 0) is 37.1 Å². The molecule has 31 heavy (non-hydrogen) atoms. The van der Waals surface area contributed by atoms with Gasteiger partial charge in [0.2, 0.25) is 17.6 Å². The van der Waals surface area contributed by atoms with E-state index in [0.717, 1.165) is 18.5 Å². The summed E-state index contributed by atoms with van der Waals surface area (Å²) >= 11 is 1.36. The first-order valence-electron chi connectivity index (χ1n) is 10.5. The SMILES string of the molecule is O=C1CN(C(=O)CSc2nnc(-c3ccco3)n2C2CCCCC2)c2ccccc2N1. The smallest absolute Gasteiger partial charge is 0.244 e. The van der Waals surface area contributed by atoms with Crippen LogP contribution in [0.15, 0.2) is 52.2 Å². The Bertz CT molecular complexity index is 1090. The molecule has 160 valence electrons. The van der Waals surface area contributed by atoms with Crippen LogP contribution in [0.5, 0.6) is 0 Å². The number of fused-ring (bicyclic) bond motifs is 1. The Morgan fingerprint density at radius 3 is 2.77 bits per heavy atom. The van der Waals surface area contributed by atoms with Crippen LogP contribution in [0.1, 0.15) is 38.1 Å². The Morgan fingerprint density at radius 1 is 1.13 bits per heavy atom. The summed E-state index contributed by atoms with van der Waals surface area (Å²) in [6, 6.07) is 11.4. The summed E-state index contributed by atoms with van der Waals surface area (Å²) in [5, 5.41) is 12.3. The molecule has 5 rings (SSSR count). The van der Waals surface area contributed by atoms with Gasteiger partial charge < -0.3 is 14.6 Å². The molecule has 0 saturated heterocycles. The Labute approximate surface area is 184 Å². The number of hydrogen-bond donors (Lipinski definition) is 1. The molecule has 3 heterocycles. The van der Waals surface area contributed by atoms with Crippen molar-refractivity contribution in [3.63, 3.8) is 0 Å². The summed E-state index contributed by atoms with van der Waals surface area (Å²) in [5.74, 6) is 1.23. The Morgan fingerprint density at radius 2 is 1.97 bits per heavy atom. The lowest BCUT2D eigenvalue weighted by Gasteiger charge is -2.29. The first-order valence-corrected chi connectivity index (χ1v) is 11.5. The maximum absolute atomic E-state index is 13.1. The van der Waals surface area contributed by atoms with Crippen LogP contribution in [0.4, 0.5) is 11.4 Å². The molecular weight excluding hydrogens is 414 g/mol. The van der Waals surface area contributed by atoms with E-state index >= 15 is 0 Å². The second-order valence-electron chi connectivity index (χ2n) is 7.78. The van der Waals surface area contributed by atoms with Crippen LogP contribution < -0.4 is 10.2 Å². The number of anilines is 2. The standard InChI is InChI=1S/C22H23N5O3S/c28-19-13-26(17-10-5-4-9-16(17)23-19)20(29)14-31-22-25-24-21(18-11-6-12-30-18)27(22)15-7-2-1-3-8-15/h4-6,9-12,15H,1-3,7-8,13-14H2,(H,23,28). The quantitative estimate of drug-likeness (QED) is 0.604. The number of hydrogen-bond acceptors (Lipinski definition) is 6. The number of carbonyl (C=O) groups is 2. The Hall–Kier alpha value is -3.07. The molecule has 1 aromatic carbocycles. The monoisotopic (exact) mass is 437 g/mol. The van der Waals surface area contributed by atoms with Gasteiger partial charge in [0.25, 0.3) is 0 Å². The lowest BCUT2D eigenvalue weighted by molar-refractivity contribution is -0.120. The van der Waals surface area contributed by atoms with Crippen LogP contribution in [0.3, 0.4) is 0 Å². The zero-order valence-electron chi connectivity index (χ0n) is 17.0. The number of furan rings is 1. The minimum atomic E-state index is -0.192. The lowest BCUT2D eigenvalue weighted by Crippen LogP contribution is -2.43. The minimum absolute atomic E-state index is 0.0172. The molecule has 0 bridgehead atoms. The molecule has 0 unspecified atom stereocenters. The highest BCUT2D eigenvalue weighted by Crippen LogP contribution is 2.36. The van der Waals surface area contributed by atoms with E-state index in [1.807, 2.05) is 30.3 Å². The average molecular weight is 438 g/mol. The average Bonchev–Trinajstić information content (AvgIpc) is 3.47. The van der Waals surface area contributed by atoms with E-state index < -0.39 is 0 Å². The topological polar surface area (TPSA) is 93.3 Å². The number of para-hydroxylation sites is 2. The number of aromatic nitrogens is 3. The number of nitrogens with one attached hydrogen (secondary N) is 1. The highest BCUT2D eigenvalue weighted by molar-refractivity contribution is 7.99. The van der Waals surface area contributed by atoms with Crippen LogP contribution in [0, 0.1) is 0 Å². The predicted octanol–water partition coefficient (Wildman–Crippen LogP) is 4.12. The summed E-state index contributed by atoms with van der Waals surface area (Å²) in [4.78, 5) is 26.7. The van der Waals surface area contributed by atoms with Gasteiger partial charge in [0, 0.05) is 6.04 Å². The molecule has 2 aliphatic rings. The molecule has 2 amide bonds. The zero-order valence-corrected chi connectivity index (χ0v) is 17.8. The second kappa shape index (κ2) is 8.58. The molecule has 1 N–H and O–H groups in total. The van der Waals surface area contributed by atoms with Gasteiger partial charge >= 0.3 is 0 Å². The second-order valence-corrected chi connectivity index (χ2v) is 8.72. The third-order valence-corrected chi connectivity index (χ3v) is 6.67. The van der Waals surface area contributed by atoms with E-state index in [4.69, 9.17) is 4.42 Å². The molecule has 1 aliphatic heterocycles. The third-order valence-electron chi connectivity index (χ3n) is 5.74. The van der Waals surface area contributed by atoms with Crippen molar-refractivity contribution in [3.8, 4) is 11.6 Å². The molecule has 0 atom stereocenters. The first-order chi connectivity index (χ1) is 15.2.